The second-order valence-corrected chi connectivity index (χ2v) is 5.23. The largest absolute Gasteiger partial charge is 0.366 e. The van der Waals surface area contributed by atoms with Gasteiger partial charge in [-0.2, -0.15) is 0 Å². The molecular formula is C13H20N4O. The number of rotatable bonds is 5. The van der Waals surface area contributed by atoms with Crippen LogP contribution in [0.4, 0.5) is 5.82 Å². The van der Waals surface area contributed by atoms with Gasteiger partial charge in [0.1, 0.15) is 5.82 Å². The van der Waals surface area contributed by atoms with Crippen molar-refractivity contribution in [3.8, 4) is 0 Å². The zero-order chi connectivity index (χ0) is 13.1. The van der Waals surface area contributed by atoms with E-state index in [4.69, 9.17) is 0 Å². The first-order valence-electron chi connectivity index (χ1n) is 6.38. The molecular weight excluding hydrogens is 228 g/mol. The van der Waals surface area contributed by atoms with E-state index in [9.17, 15) is 4.79 Å². The molecule has 0 aliphatic heterocycles. The maximum absolute atomic E-state index is 11.6. The third-order valence-electron chi connectivity index (χ3n) is 3.07. The summed E-state index contributed by atoms with van der Waals surface area (Å²) < 4.78 is 0. The van der Waals surface area contributed by atoms with Crippen LogP contribution >= 0.6 is 0 Å². The van der Waals surface area contributed by atoms with Crippen molar-refractivity contribution in [2.24, 2.45) is 5.92 Å². The summed E-state index contributed by atoms with van der Waals surface area (Å²) in [6.45, 7) is 2.15. The number of aromatic nitrogens is 2. The van der Waals surface area contributed by atoms with Crippen LogP contribution in [0.5, 0.6) is 0 Å². The van der Waals surface area contributed by atoms with Crippen molar-refractivity contribution in [2.75, 3.05) is 19.4 Å². The molecule has 1 aromatic heterocycles. The molecule has 1 unspecified atom stereocenters. The van der Waals surface area contributed by atoms with Gasteiger partial charge in [-0.05, 0) is 31.4 Å². The Bertz CT molecular complexity index is 412. The van der Waals surface area contributed by atoms with Gasteiger partial charge in [-0.3, -0.25) is 4.79 Å². The van der Waals surface area contributed by atoms with Crippen LogP contribution in [0.1, 0.15) is 36.7 Å². The fourth-order valence-corrected chi connectivity index (χ4v) is 1.92. The van der Waals surface area contributed by atoms with Crippen molar-refractivity contribution in [2.45, 2.75) is 32.2 Å². The van der Waals surface area contributed by atoms with Crippen molar-refractivity contribution in [3.63, 3.8) is 0 Å². The molecule has 0 aromatic carbocycles. The Morgan fingerprint density at radius 3 is 2.67 bits per heavy atom. The normalized spacial score (nSPS) is 16.2. The third kappa shape index (κ3) is 3.42. The third-order valence-corrected chi connectivity index (χ3v) is 3.07. The minimum absolute atomic E-state index is 0.125. The lowest BCUT2D eigenvalue weighted by Gasteiger charge is -2.14. The lowest BCUT2D eigenvalue weighted by molar-refractivity contribution is 0.0821. The van der Waals surface area contributed by atoms with Crippen LogP contribution in [0.3, 0.4) is 0 Å². The minimum Gasteiger partial charge on any atom is -0.366 e. The summed E-state index contributed by atoms with van der Waals surface area (Å²) in [5.41, 5.74) is 0.375. The van der Waals surface area contributed by atoms with E-state index in [-0.39, 0.29) is 5.91 Å². The van der Waals surface area contributed by atoms with E-state index in [1.165, 1.54) is 24.2 Å². The number of anilines is 1. The number of hydrogen-bond donors (Lipinski definition) is 1. The molecule has 1 heterocycles. The molecule has 1 saturated carbocycles. The van der Waals surface area contributed by atoms with Crippen LogP contribution in [0, 0.1) is 5.92 Å². The number of carbonyl (C=O) groups is 1. The summed E-state index contributed by atoms with van der Waals surface area (Å²) in [6, 6.07) is 3.93. The maximum atomic E-state index is 11.6. The Morgan fingerprint density at radius 2 is 2.17 bits per heavy atom. The first-order chi connectivity index (χ1) is 8.56. The zero-order valence-corrected chi connectivity index (χ0v) is 11.2. The van der Waals surface area contributed by atoms with Crippen molar-refractivity contribution in [1.29, 1.82) is 0 Å². The van der Waals surface area contributed by atoms with Crippen LogP contribution in [0.25, 0.3) is 0 Å². The van der Waals surface area contributed by atoms with Gasteiger partial charge in [-0.25, -0.2) is 0 Å². The predicted molar refractivity (Wildman–Crippen MR) is 70.5 cm³/mol. The molecule has 1 aliphatic carbocycles. The van der Waals surface area contributed by atoms with Crippen LogP contribution in [-0.2, 0) is 0 Å². The molecule has 1 N–H and O–H groups in total. The number of nitrogens with one attached hydrogen (secondary N) is 1. The lowest BCUT2D eigenvalue weighted by Crippen LogP contribution is -2.23. The Kier molecular flexibility index (Phi) is 3.79. The van der Waals surface area contributed by atoms with Gasteiger partial charge in [0.25, 0.3) is 5.91 Å². The number of amides is 1. The monoisotopic (exact) mass is 248 g/mol. The highest BCUT2D eigenvalue weighted by Crippen LogP contribution is 2.33. The van der Waals surface area contributed by atoms with E-state index in [2.05, 4.69) is 22.4 Å². The van der Waals surface area contributed by atoms with E-state index in [0.29, 0.717) is 11.7 Å². The standard InChI is InChI=1S/C13H20N4O/c1-9(8-10-4-5-10)14-12-7-6-11(15-16-12)13(18)17(2)3/h6-7,9-10H,4-5,8H2,1-3H3,(H,14,16). The molecule has 1 atom stereocenters. The highest BCUT2D eigenvalue weighted by molar-refractivity contribution is 5.91. The highest BCUT2D eigenvalue weighted by atomic mass is 16.2. The molecule has 1 aromatic rings. The van der Waals surface area contributed by atoms with Gasteiger partial charge in [0.2, 0.25) is 0 Å². The van der Waals surface area contributed by atoms with Gasteiger partial charge >= 0.3 is 0 Å². The molecule has 18 heavy (non-hydrogen) atoms. The first kappa shape index (κ1) is 12.8. The van der Waals surface area contributed by atoms with E-state index >= 15 is 0 Å². The average Bonchev–Trinajstić information content (AvgIpc) is 3.12. The highest BCUT2D eigenvalue weighted by Gasteiger charge is 2.23. The summed E-state index contributed by atoms with van der Waals surface area (Å²) in [7, 11) is 3.40. The van der Waals surface area contributed by atoms with E-state index < -0.39 is 0 Å². The van der Waals surface area contributed by atoms with Gasteiger partial charge in [0, 0.05) is 20.1 Å². The topological polar surface area (TPSA) is 58.1 Å². The second kappa shape index (κ2) is 5.33. The maximum Gasteiger partial charge on any atom is 0.273 e. The molecule has 1 aliphatic rings. The van der Waals surface area contributed by atoms with E-state index in [1.54, 1.807) is 20.2 Å². The molecule has 1 fully saturated rings. The van der Waals surface area contributed by atoms with Crippen LogP contribution < -0.4 is 5.32 Å². The Hall–Kier alpha value is -1.65. The van der Waals surface area contributed by atoms with E-state index in [1.807, 2.05) is 6.07 Å². The number of carbonyl (C=O) groups excluding carboxylic acids is 1. The summed E-state index contributed by atoms with van der Waals surface area (Å²) in [6.07, 6.45) is 3.89. The molecule has 0 bridgehead atoms. The molecule has 98 valence electrons. The summed E-state index contributed by atoms with van der Waals surface area (Å²) in [5.74, 6) is 1.49. The summed E-state index contributed by atoms with van der Waals surface area (Å²) in [5, 5.41) is 11.3. The van der Waals surface area contributed by atoms with Gasteiger partial charge in [-0.1, -0.05) is 12.8 Å². The molecule has 5 heteroatoms. The Balaban J connectivity index is 1.92. The van der Waals surface area contributed by atoms with E-state index in [0.717, 1.165) is 11.7 Å². The van der Waals surface area contributed by atoms with Crippen molar-refractivity contribution in [3.05, 3.63) is 17.8 Å². The van der Waals surface area contributed by atoms with Crippen LogP contribution in [-0.4, -0.2) is 41.1 Å². The molecule has 0 saturated heterocycles. The van der Waals surface area contributed by atoms with Gasteiger partial charge in [0.05, 0.1) is 0 Å². The van der Waals surface area contributed by atoms with Crippen LogP contribution in [0.2, 0.25) is 0 Å². The van der Waals surface area contributed by atoms with Crippen LogP contribution in [0.15, 0.2) is 12.1 Å². The predicted octanol–water partition coefficient (Wildman–Crippen LogP) is 1.78. The smallest absolute Gasteiger partial charge is 0.273 e. The molecule has 1 amide bonds. The second-order valence-electron chi connectivity index (χ2n) is 5.23. The summed E-state index contributed by atoms with van der Waals surface area (Å²) >= 11 is 0. The van der Waals surface area contributed by atoms with Gasteiger partial charge < -0.3 is 10.2 Å². The number of hydrogen-bond acceptors (Lipinski definition) is 4. The van der Waals surface area contributed by atoms with Crippen molar-refractivity contribution < 1.29 is 4.79 Å². The Morgan fingerprint density at radius 1 is 1.44 bits per heavy atom. The van der Waals surface area contributed by atoms with Crippen molar-refractivity contribution in [1.82, 2.24) is 15.1 Å². The molecule has 5 nitrogen and oxygen atoms in total. The van der Waals surface area contributed by atoms with Gasteiger partial charge in [0.15, 0.2) is 5.69 Å². The fraction of sp³-hybridized carbons (Fsp3) is 0.615. The first-order valence-corrected chi connectivity index (χ1v) is 6.38. The number of nitrogens with zero attached hydrogens (tertiary/aromatic N) is 3. The SMILES string of the molecule is CC(CC1CC1)Nc1ccc(C(=O)N(C)C)nn1. The summed E-state index contributed by atoms with van der Waals surface area (Å²) in [4.78, 5) is 13.1. The molecule has 0 spiro atoms. The minimum atomic E-state index is -0.125. The lowest BCUT2D eigenvalue weighted by atomic mass is 10.1. The quantitative estimate of drug-likeness (QED) is 0.863. The molecule has 0 radical (unpaired) electrons. The average molecular weight is 248 g/mol. The van der Waals surface area contributed by atoms with Gasteiger partial charge in [-0.15, -0.1) is 10.2 Å². The van der Waals surface area contributed by atoms with Crippen molar-refractivity contribution >= 4 is 11.7 Å². The zero-order valence-electron chi connectivity index (χ0n) is 11.2. The Labute approximate surface area is 108 Å². The molecule has 2 rings (SSSR count). The fourth-order valence-electron chi connectivity index (χ4n) is 1.92.